The Morgan fingerprint density at radius 3 is 2.70 bits per heavy atom. The van der Waals surface area contributed by atoms with Crippen molar-refractivity contribution in [1.29, 1.82) is 0 Å². The maximum atomic E-state index is 10.3. The lowest BCUT2D eigenvalue weighted by molar-refractivity contribution is 0.477. The molecule has 23 heavy (non-hydrogen) atoms. The second-order valence-corrected chi connectivity index (χ2v) is 5.58. The molecule has 0 bridgehead atoms. The summed E-state index contributed by atoms with van der Waals surface area (Å²) in [5, 5.41) is 23.2. The lowest BCUT2D eigenvalue weighted by Gasteiger charge is -2.27. The molecular formula is C17H17N5O. The second-order valence-electron chi connectivity index (χ2n) is 5.58. The molecule has 6 heteroatoms. The van der Waals surface area contributed by atoms with E-state index in [1.165, 1.54) is 0 Å². The summed E-state index contributed by atoms with van der Waals surface area (Å²) in [7, 11) is 0. The van der Waals surface area contributed by atoms with Crippen molar-refractivity contribution in [2.75, 3.05) is 31.1 Å². The highest BCUT2D eigenvalue weighted by Gasteiger charge is 2.13. The molecule has 1 aliphatic rings. The van der Waals surface area contributed by atoms with E-state index in [9.17, 15) is 5.11 Å². The van der Waals surface area contributed by atoms with Gasteiger partial charge in [0.2, 0.25) is 0 Å². The van der Waals surface area contributed by atoms with E-state index in [0.717, 1.165) is 42.9 Å². The molecule has 1 saturated heterocycles. The van der Waals surface area contributed by atoms with Gasteiger partial charge in [0.05, 0.1) is 11.2 Å². The van der Waals surface area contributed by atoms with E-state index < -0.39 is 0 Å². The fourth-order valence-corrected chi connectivity index (χ4v) is 2.85. The molecule has 2 N–H and O–H groups in total. The Morgan fingerprint density at radius 1 is 1.04 bits per heavy atom. The fraction of sp³-hybridized carbons (Fsp3) is 0.235. The largest absolute Gasteiger partial charge is 0.507 e. The van der Waals surface area contributed by atoms with Crippen molar-refractivity contribution in [2.45, 2.75) is 0 Å². The van der Waals surface area contributed by atoms with Gasteiger partial charge >= 0.3 is 0 Å². The van der Waals surface area contributed by atoms with Gasteiger partial charge in [-0.2, -0.15) is 0 Å². The normalized spacial score (nSPS) is 15.0. The van der Waals surface area contributed by atoms with Gasteiger partial charge in [0.15, 0.2) is 5.82 Å². The molecule has 4 rings (SSSR count). The molecule has 0 amide bonds. The summed E-state index contributed by atoms with van der Waals surface area (Å²) in [6.45, 7) is 3.78. The predicted molar refractivity (Wildman–Crippen MR) is 89.5 cm³/mol. The van der Waals surface area contributed by atoms with Crippen LogP contribution in [0.1, 0.15) is 0 Å². The third-order valence-corrected chi connectivity index (χ3v) is 4.09. The zero-order valence-corrected chi connectivity index (χ0v) is 12.6. The Balaban J connectivity index is 1.68. The Labute approximate surface area is 133 Å². The zero-order chi connectivity index (χ0) is 15.6. The smallest absolute Gasteiger partial charge is 0.151 e. The minimum absolute atomic E-state index is 0.167. The van der Waals surface area contributed by atoms with Crippen LogP contribution < -0.4 is 10.2 Å². The van der Waals surface area contributed by atoms with E-state index >= 15 is 0 Å². The fourth-order valence-electron chi connectivity index (χ4n) is 2.85. The minimum atomic E-state index is 0.167. The number of piperazine rings is 1. The average Bonchev–Trinajstić information content (AvgIpc) is 2.62. The first kappa shape index (κ1) is 13.9. The summed E-state index contributed by atoms with van der Waals surface area (Å²) in [4.78, 5) is 6.45. The third kappa shape index (κ3) is 2.68. The van der Waals surface area contributed by atoms with E-state index in [-0.39, 0.29) is 5.75 Å². The van der Waals surface area contributed by atoms with Crippen molar-refractivity contribution in [3.63, 3.8) is 0 Å². The van der Waals surface area contributed by atoms with Gasteiger partial charge in [-0.3, -0.25) is 4.98 Å². The summed E-state index contributed by atoms with van der Waals surface area (Å²) in [5.41, 5.74) is 2.09. The topological polar surface area (TPSA) is 74.2 Å². The van der Waals surface area contributed by atoms with Crippen LogP contribution in [0.2, 0.25) is 0 Å². The highest BCUT2D eigenvalue weighted by molar-refractivity contribution is 5.87. The molecule has 0 saturated carbocycles. The zero-order valence-electron chi connectivity index (χ0n) is 12.6. The Hall–Kier alpha value is -2.73. The molecule has 0 aliphatic carbocycles. The average molecular weight is 307 g/mol. The Morgan fingerprint density at radius 2 is 1.91 bits per heavy atom. The summed E-state index contributed by atoms with van der Waals surface area (Å²) >= 11 is 0. The standard InChI is InChI=1S/C17H17N5O/c23-16-11-15-12(2-1-5-19-15)10-13(16)14-3-4-17(21-20-14)22-8-6-18-7-9-22/h1-5,10-11,18,23H,6-9H2. The van der Waals surface area contributed by atoms with E-state index in [4.69, 9.17) is 0 Å². The van der Waals surface area contributed by atoms with Gasteiger partial charge in [0.1, 0.15) is 5.75 Å². The lowest BCUT2D eigenvalue weighted by atomic mass is 10.1. The molecular weight excluding hydrogens is 290 g/mol. The lowest BCUT2D eigenvalue weighted by Crippen LogP contribution is -2.43. The number of pyridine rings is 1. The number of hydrogen-bond acceptors (Lipinski definition) is 6. The number of rotatable bonds is 2. The molecule has 1 aliphatic heterocycles. The van der Waals surface area contributed by atoms with Crippen molar-refractivity contribution >= 4 is 16.7 Å². The molecule has 3 heterocycles. The van der Waals surface area contributed by atoms with Gasteiger partial charge < -0.3 is 15.3 Å². The van der Waals surface area contributed by atoms with Crippen LogP contribution in [0.5, 0.6) is 5.75 Å². The highest BCUT2D eigenvalue weighted by Crippen LogP contribution is 2.31. The maximum absolute atomic E-state index is 10.3. The number of fused-ring (bicyclic) bond motifs is 1. The van der Waals surface area contributed by atoms with Crippen molar-refractivity contribution in [2.24, 2.45) is 0 Å². The van der Waals surface area contributed by atoms with Crippen LogP contribution in [0.15, 0.2) is 42.6 Å². The first-order chi connectivity index (χ1) is 11.3. The summed E-state index contributed by atoms with van der Waals surface area (Å²) < 4.78 is 0. The molecule has 116 valence electrons. The molecule has 0 radical (unpaired) electrons. The number of aromatic nitrogens is 3. The number of benzene rings is 1. The summed E-state index contributed by atoms with van der Waals surface area (Å²) in [5.74, 6) is 1.04. The first-order valence-corrected chi connectivity index (χ1v) is 7.69. The van der Waals surface area contributed by atoms with Crippen LogP contribution in [0.25, 0.3) is 22.2 Å². The minimum Gasteiger partial charge on any atom is -0.507 e. The van der Waals surface area contributed by atoms with Crippen molar-refractivity contribution in [3.8, 4) is 17.0 Å². The molecule has 0 unspecified atom stereocenters. The second kappa shape index (κ2) is 5.81. The Kier molecular flexibility index (Phi) is 3.51. The van der Waals surface area contributed by atoms with Crippen molar-refractivity contribution < 1.29 is 5.11 Å². The van der Waals surface area contributed by atoms with E-state index in [2.05, 4.69) is 25.4 Å². The molecule has 0 atom stereocenters. The number of phenols is 1. The molecule has 1 fully saturated rings. The van der Waals surface area contributed by atoms with Crippen LogP contribution in [0.3, 0.4) is 0 Å². The highest BCUT2D eigenvalue weighted by atomic mass is 16.3. The maximum Gasteiger partial charge on any atom is 0.151 e. The van der Waals surface area contributed by atoms with Crippen molar-refractivity contribution in [3.05, 3.63) is 42.6 Å². The van der Waals surface area contributed by atoms with Crippen LogP contribution in [-0.2, 0) is 0 Å². The molecule has 2 aromatic heterocycles. The molecule has 0 spiro atoms. The Bertz CT molecular complexity index is 828. The molecule has 1 aromatic carbocycles. The number of nitrogens with zero attached hydrogens (tertiary/aromatic N) is 4. The summed E-state index contributed by atoms with van der Waals surface area (Å²) in [6, 6.07) is 11.3. The predicted octanol–water partition coefficient (Wildman–Crippen LogP) is 1.81. The summed E-state index contributed by atoms with van der Waals surface area (Å²) in [6.07, 6.45) is 1.71. The van der Waals surface area contributed by atoms with E-state index in [1.807, 2.05) is 30.3 Å². The van der Waals surface area contributed by atoms with Crippen molar-refractivity contribution in [1.82, 2.24) is 20.5 Å². The van der Waals surface area contributed by atoms with Crippen LogP contribution in [0, 0.1) is 0 Å². The number of hydrogen-bond donors (Lipinski definition) is 2. The van der Waals surface area contributed by atoms with Gasteiger partial charge in [0, 0.05) is 49.4 Å². The van der Waals surface area contributed by atoms with Crippen LogP contribution >= 0.6 is 0 Å². The van der Waals surface area contributed by atoms with Crippen LogP contribution in [-0.4, -0.2) is 46.5 Å². The third-order valence-electron chi connectivity index (χ3n) is 4.09. The SMILES string of the molecule is Oc1cc2ncccc2cc1-c1ccc(N2CCNCC2)nn1. The number of anilines is 1. The quantitative estimate of drug-likeness (QED) is 0.752. The van der Waals surface area contributed by atoms with E-state index in [0.29, 0.717) is 11.3 Å². The van der Waals surface area contributed by atoms with Gasteiger partial charge in [0.25, 0.3) is 0 Å². The molecule has 3 aromatic rings. The monoisotopic (exact) mass is 307 g/mol. The van der Waals surface area contributed by atoms with Gasteiger partial charge in [-0.1, -0.05) is 6.07 Å². The number of nitrogens with one attached hydrogen (secondary N) is 1. The first-order valence-electron chi connectivity index (χ1n) is 7.69. The molecule has 6 nitrogen and oxygen atoms in total. The van der Waals surface area contributed by atoms with Crippen LogP contribution in [0.4, 0.5) is 5.82 Å². The van der Waals surface area contributed by atoms with Gasteiger partial charge in [-0.15, -0.1) is 10.2 Å². The number of phenolic OH excluding ortho intramolecular Hbond substituents is 1. The van der Waals surface area contributed by atoms with Gasteiger partial charge in [-0.25, -0.2) is 0 Å². The van der Waals surface area contributed by atoms with E-state index in [1.54, 1.807) is 12.3 Å². The number of aromatic hydroxyl groups is 1. The van der Waals surface area contributed by atoms with Gasteiger partial charge in [-0.05, 0) is 24.3 Å².